The molecule has 0 saturated carbocycles. The summed E-state index contributed by atoms with van der Waals surface area (Å²) in [5, 5.41) is 4.51. The largest absolute Gasteiger partial charge is 0.327 e. The lowest BCUT2D eigenvalue weighted by molar-refractivity contribution is 0.547. The molecule has 2 N–H and O–H groups in total. The Morgan fingerprint density at radius 2 is 2.38 bits per heavy atom. The van der Waals surface area contributed by atoms with Crippen molar-refractivity contribution >= 4 is 0 Å². The number of aryl methyl sites for hydroxylation is 2. The van der Waals surface area contributed by atoms with Gasteiger partial charge < -0.3 is 5.73 Å². The molecule has 1 unspecified atom stereocenters. The molecular formula is C10H17N3. The van der Waals surface area contributed by atoms with Gasteiger partial charge in [0.15, 0.2) is 0 Å². The fraction of sp³-hybridized carbons (Fsp3) is 0.700. The summed E-state index contributed by atoms with van der Waals surface area (Å²) >= 11 is 0. The number of nitrogens with zero attached hydrogens (tertiary/aromatic N) is 2. The van der Waals surface area contributed by atoms with Gasteiger partial charge in [-0.15, -0.1) is 0 Å². The summed E-state index contributed by atoms with van der Waals surface area (Å²) in [5.74, 6) is 0. The maximum absolute atomic E-state index is 5.93. The van der Waals surface area contributed by atoms with Gasteiger partial charge in [0.25, 0.3) is 0 Å². The van der Waals surface area contributed by atoms with E-state index in [1.54, 1.807) is 0 Å². The zero-order valence-electron chi connectivity index (χ0n) is 8.38. The fourth-order valence-corrected chi connectivity index (χ4v) is 2.17. The molecule has 0 aliphatic heterocycles. The van der Waals surface area contributed by atoms with Crippen LogP contribution in [0.15, 0.2) is 0 Å². The first kappa shape index (κ1) is 8.75. The van der Waals surface area contributed by atoms with Crippen molar-refractivity contribution in [2.24, 2.45) is 12.8 Å². The minimum Gasteiger partial charge on any atom is -0.327 e. The molecule has 13 heavy (non-hydrogen) atoms. The Morgan fingerprint density at radius 1 is 1.62 bits per heavy atom. The maximum atomic E-state index is 5.93. The first-order valence-electron chi connectivity index (χ1n) is 5.01. The molecule has 0 spiro atoms. The highest BCUT2D eigenvalue weighted by molar-refractivity contribution is 5.29. The Bertz CT molecular complexity index is 314. The van der Waals surface area contributed by atoms with Crippen LogP contribution in [0.5, 0.6) is 0 Å². The molecule has 72 valence electrons. The SMILES string of the molecule is CCc1nn(C)c2c1CCC(N)C2. The predicted molar refractivity (Wildman–Crippen MR) is 52.6 cm³/mol. The normalized spacial score (nSPS) is 21.6. The van der Waals surface area contributed by atoms with E-state index in [9.17, 15) is 0 Å². The topological polar surface area (TPSA) is 43.8 Å². The van der Waals surface area contributed by atoms with Gasteiger partial charge in [-0.1, -0.05) is 6.92 Å². The second-order valence-corrected chi connectivity index (χ2v) is 3.85. The third-order valence-electron chi connectivity index (χ3n) is 2.91. The van der Waals surface area contributed by atoms with Crippen LogP contribution in [0.4, 0.5) is 0 Å². The Kier molecular flexibility index (Phi) is 2.12. The summed E-state index contributed by atoms with van der Waals surface area (Å²) in [6.45, 7) is 2.16. The van der Waals surface area contributed by atoms with Crippen LogP contribution in [-0.2, 0) is 26.3 Å². The summed E-state index contributed by atoms with van der Waals surface area (Å²) in [7, 11) is 2.02. The number of nitrogens with two attached hydrogens (primary N) is 1. The Balaban J connectivity index is 2.42. The second kappa shape index (κ2) is 3.14. The van der Waals surface area contributed by atoms with E-state index in [-0.39, 0.29) is 0 Å². The van der Waals surface area contributed by atoms with Crippen LogP contribution in [0.1, 0.15) is 30.3 Å². The van der Waals surface area contributed by atoms with Crippen molar-refractivity contribution in [3.63, 3.8) is 0 Å². The first-order chi connectivity index (χ1) is 6.22. The van der Waals surface area contributed by atoms with Crippen molar-refractivity contribution in [2.45, 2.75) is 38.6 Å². The van der Waals surface area contributed by atoms with Crippen molar-refractivity contribution < 1.29 is 0 Å². The monoisotopic (exact) mass is 179 g/mol. The molecule has 1 atom stereocenters. The number of fused-ring (bicyclic) bond motifs is 1. The Morgan fingerprint density at radius 3 is 3.08 bits per heavy atom. The van der Waals surface area contributed by atoms with Crippen molar-refractivity contribution in [3.05, 3.63) is 17.0 Å². The average Bonchev–Trinajstić information content (AvgIpc) is 2.43. The lowest BCUT2D eigenvalue weighted by atomic mass is 9.92. The summed E-state index contributed by atoms with van der Waals surface area (Å²) in [6.07, 6.45) is 4.27. The third-order valence-corrected chi connectivity index (χ3v) is 2.91. The molecule has 1 aromatic heterocycles. The van der Waals surface area contributed by atoms with Crippen LogP contribution in [0.3, 0.4) is 0 Å². The molecule has 1 heterocycles. The highest BCUT2D eigenvalue weighted by Gasteiger charge is 2.21. The van der Waals surface area contributed by atoms with Gasteiger partial charge >= 0.3 is 0 Å². The van der Waals surface area contributed by atoms with E-state index in [4.69, 9.17) is 5.73 Å². The number of rotatable bonds is 1. The van der Waals surface area contributed by atoms with Gasteiger partial charge in [0.1, 0.15) is 0 Å². The highest BCUT2D eigenvalue weighted by atomic mass is 15.3. The first-order valence-corrected chi connectivity index (χ1v) is 5.01. The van der Waals surface area contributed by atoms with E-state index in [0.717, 1.165) is 25.7 Å². The average molecular weight is 179 g/mol. The van der Waals surface area contributed by atoms with Crippen LogP contribution in [-0.4, -0.2) is 15.8 Å². The van der Waals surface area contributed by atoms with Gasteiger partial charge in [0.05, 0.1) is 5.69 Å². The van der Waals surface area contributed by atoms with Crippen LogP contribution in [0, 0.1) is 0 Å². The predicted octanol–water partition coefficient (Wildman–Crippen LogP) is 0.799. The number of hydrogen-bond donors (Lipinski definition) is 1. The summed E-state index contributed by atoms with van der Waals surface area (Å²) in [6, 6.07) is 0.340. The molecule has 1 aromatic rings. The molecule has 0 fully saturated rings. The van der Waals surface area contributed by atoms with Gasteiger partial charge in [-0.25, -0.2) is 0 Å². The van der Waals surface area contributed by atoms with Crippen molar-refractivity contribution in [1.82, 2.24) is 9.78 Å². The van der Waals surface area contributed by atoms with Gasteiger partial charge in [0, 0.05) is 25.2 Å². The maximum Gasteiger partial charge on any atom is 0.0656 e. The lowest BCUT2D eigenvalue weighted by Crippen LogP contribution is -2.28. The van der Waals surface area contributed by atoms with E-state index < -0.39 is 0 Å². The zero-order valence-corrected chi connectivity index (χ0v) is 8.38. The summed E-state index contributed by atoms with van der Waals surface area (Å²) in [4.78, 5) is 0. The van der Waals surface area contributed by atoms with E-state index in [1.807, 2.05) is 11.7 Å². The van der Waals surface area contributed by atoms with Crippen molar-refractivity contribution in [2.75, 3.05) is 0 Å². The zero-order chi connectivity index (χ0) is 9.42. The smallest absolute Gasteiger partial charge is 0.0656 e. The van der Waals surface area contributed by atoms with Gasteiger partial charge in [-0.2, -0.15) is 5.10 Å². The van der Waals surface area contributed by atoms with Crippen LogP contribution in [0.25, 0.3) is 0 Å². The van der Waals surface area contributed by atoms with Crippen LogP contribution in [0.2, 0.25) is 0 Å². The van der Waals surface area contributed by atoms with E-state index in [0.29, 0.717) is 6.04 Å². The summed E-state index contributed by atoms with van der Waals surface area (Å²) in [5.41, 5.74) is 10.0. The molecule has 0 radical (unpaired) electrons. The molecule has 2 rings (SSSR count). The van der Waals surface area contributed by atoms with Gasteiger partial charge in [0.2, 0.25) is 0 Å². The standard InChI is InChI=1S/C10H17N3/c1-3-9-8-5-4-7(11)6-10(8)13(2)12-9/h7H,3-6,11H2,1-2H3. The van der Waals surface area contributed by atoms with E-state index in [2.05, 4.69) is 12.0 Å². The molecule has 3 nitrogen and oxygen atoms in total. The Hall–Kier alpha value is -0.830. The Labute approximate surface area is 78.9 Å². The van der Waals surface area contributed by atoms with E-state index in [1.165, 1.54) is 17.0 Å². The van der Waals surface area contributed by atoms with Crippen molar-refractivity contribution in [3.8, 4) is 0 Å². The van der Waals surface area contributed by atoms with Crippen LogP contribution >= 0.6 is 0 Å². The lowest BCUT2D eigenvalue weighted by Gasteiger charge is -2.19. The minimum atomic E-state index is 0.340. The molecule has 1 aliphatic carbocycles. The van der Waals surface area contributed by atoms with Gasteiger partial charge in [-0.05, 0) is 24.8 Å². The molecule has 3 heteroatoms. The highest BCUT2D eigenvalue weighted by Crippen LogP contribution is 2.23. The molecular weight excluding hydrogens is 162 g/mol. The molecule has 0 amide bonds. The molecule has 0 aromatic carbocycles. The molecule has 0 bridgehead atoms. The fourth-order valence-electron chi connectivity index (χ4n) is 2.17. The quantitative estimate of drug-likeness (QED) is 0.693. The van der Waals surface area contributed by atoms with Crippen molar-refractivity contribution in [1.29, 1.82) is 0 Å². The minimum absolute atomic E-state index is 0.340. The molecule has 0 saturated heterocycles. The number of aromatic nitrogens is 2. The van der Waals surface area contributed by atoms with Crippen LogP contribution < -0.4 is 5.73 Å². The van der Waals surface area contributed by atoms with Gasteiger partial charge in [-0.3, -0.25) is 4.68 Å². The van der Waals surface area contributed by atoms with E-state index >= 15 is 0 Å². The number of hydrogen-bond acceptors (Lipinski definition) is 2. The third kappa shape index (κ3) is 1.37. The summed E-state index contributed by atoms with van der Waals surface area (Å²) < 4.78 is 2.01. The molecule has 1 aliphatic rings. The second-order valence-electron chi connectivity index (χ2n) is 3.85.